The molecule has 2 rings (SSSR count). The number of aromatic carboxylic acids is 1. The fourth-order valence-electron chi connectivity index (χ4n) is 1.87. The molecule has 0 aliphatic carbocycles. The van der Waals surface area contributed by atoms with Gasteiger partial charge < -0.3 is 5.11 Å². The van der Waals surface area contributed by atoms with E-state index in [-0.39, 0.29) is 16.0 Å². The van der Waals surface area contributed by atoms with Crippen molar-refractivity contribution < 1.29 is 18.3 Å². The van der Waals surface area contributed by atoms with Crippen LogP contribution in [0.4, 0.5) is 0 Å². The van der Waals surface area contributed by atoms with Gasteiger partial charge in [-0.05, 0) is 42.0 Å². The van der Waals surface area contributed by atoms with Crippen LogP contribution in [-0.4, -0.2) is 19.5 Å². The van der Waals surface area contributed by atoms with E-state index in [2.05, 4.69) is 0 Å². The average molecular weight is 348 g/mol. The van der Waals surface area contributed by atoms with Crippen molar-refractivity contribution in [1.29, 1.82) is 5.26 Å². The molecule has 0 bridgehead atoms. The van der Waals surface area contributed by atoms with Crippen LogP contribution in [0.3, 0.4) is 0 Å². The van der Waals surface area contributed by atoms with Gasteiger partial charge in [0.2, 0.25) is 9.84 Å². The summed E-state index contributed by atoms with van der Waals surface area (Å²) in [7, 11) is -4.06. The standard InChI is InChI=1S/C16H10ClNO4S/c17-12-5-7-13(8-6-12)23(21,22)14(10-18)9-11-3-1-2-4-15(11)16(19)20/h1-9H,(H,19,20). The zero-order chi connectivity index (χ0) is 17.0. The van der Waals surface area contributed by atoms with Gasteiger partial charge in [0.15, 0.2) is 0 Å². The first-order chi connectivity index (χ1) is 10.9. The molecule has 23 heavy (non-hydrogen) atoms. The lowest BCUT2D eigenvalue weighted by atomic mass is 10.1. The molecule has 0 saturated heterocycles. The SMILES string of the molecule is N#CC(=Cc1ccccc1C(=O)O)S(=O)(=O)c1ccc(Cl)cc1. The van der Waals surface area contributed by atoms with Crippen LogP contribution in [0.2, 0.25) is 5.02 Å². The van der Waals surface area contributed by atoms with E-state index in [0.717, 1.165) is 6.08 Å². The average Bonchev–Trinajstić information content (AvgIpc) is 2.53. The number of benzene rings is 2. The van der Waals surface area contributed by atoms with Gasteiger partial charge in [-0.15, -0.1) is 0 Å². The molecule has 0 spiro atoms. The molecule has 0 saturated carbocycles. The van der Waals surface area contributed by atoms with E-state index in [9.17, 15) is 18.5 Å². The fourth-order valence-corrected chi connectivity index (χ4v) is 3.15. The minimum atomic E-state index is -4.06. The highest BCUT2D eigenvalue weighted by atomic mass is 35.5. The van der Waals surface area contributed by atoms with Crippen molar-refractivity contribution in [3.63, 3.8) is 0 Å². The molecule has 0 aromatic heterocycles. The lowest BCUT2D eigenvalue weighted by molar-refractivity contribution is 0.0696. The molecule has 0 heterocycles. The van der Waals surface area contributed by atoms with E-state index in [4.69, 9.17) is 16.7 Å². The Morgan fingerprint density at radius 1 is 1.13 bits per heavy atom. The van der Waals surface area contributed by atoms with Crippen molar-refractivity contribution in [2.45, 2.75) is 4.90 Å². The second kappa shape index (κ2) is 6.65. The molecule has 0 unspecified atom stereocenters. The maximum atomic E-state index is 12.5. The molecular weight excluding hydrogens is 338 g/mol. The Hall–Kier alpha value is -2.62. The summed E-state index contributed by atoms with van der Waals surface area (Å²) in [6.45, 7) is 0. The van der Waals surface area contributed by atoms with Gasteiger partial charge in [-0.2, -0.15) is 5.26 Å². The molecule has 0 radical (unpaired) electrons. The summed E-state index contributed by atoms with van der Waals surface area (Å²) >= 11 is 5.72. The quantitative estimate of drug-likeness (QED) is 0.855. The van der Waals surface area contributed by atoms with E-state index < -0.39 is 20.7 Å². The summed E-state index contributed by atoms with van der Waals surface area (Å²) in [4.78, 5) is 10.5. The van der Waals surface area contributed by atoms with Crippen LogP contribution in [0.1, 0.15) is 15.9 Å². The van der Waals surface area contributed by atoms with Crippen LogP contribution in [0, 0.1) is 11.3 Å². The van der Waals surface area contributed by atoms with Crippen LogP contribution >= 0.6 is 11.6 Å². The second-order valence-electron chi connectivity index (χ2n) is 4.47. The van der Waals surface area contributed by atoms with Crippen LogP contribution < -0.4 is 0 Å². The highest BCUT2D eigenvalue weighted by molar-refractivity contribution is 7.95. The summed E-state index contributed by atoms with van der Waals surface area (Å²) in [6, 6.07) is 12.8. The van der Waals surface area contributed by atoms with E-state index >= 15 is 0 Å². The number of nitrogens with zero attached hydrogens (tertiary/aromatic N) is 1. The van der Waals surface area contributed by atoms with Crippen LogP contribution in [0.5, 0.6) is 0 Å². The first kappa shape index (κ1) is 16.7. The predicted octanol–water partition coefficient (Wildman–Crippen LogP) is 3.38. The number of hydrogen-bond acceptors (Lipinski definition) is 4. The Balaban J connectivity index is 2.58. The molecule has 0 atom stereocenters. The van der Waals surface area contributed by atoms with Crippen molar-refractivity contribution in [3.8, 4) is 6.07 Å². The van der Waals surface area contributed by atoms with Crippen LogP contribution in [0.15, 0.2) is 58.3 Å². The third kappa shape index (κ3) is 3.59. The smallest absolute Gasteiger partial charge is 0.336 e. The second-order valence-corrected chi connectivity index (χ2v) is 6.82. The number of nitriles is 1. The Labute approximate surface area is 138 Å². The van der Waals surface area contributed by atoms with Gasteiger partial charge in [-0.3, -0.25) is 0 Å². The van der Waals surface area contributed by atoms with Gasteiger partial charge in [0.05, 0.1) is 10.5 Å². The lowest BCUT2D eigenvalue weighted by Gasteiger charge is -2.05. The van der Waals surface area contributed by atoms with E-state index in [0.29, 0.717) is 5.02 Å². The fraction of sp³-hybridized carbons (Fsp3) is 0. The van der Waals surface area contributed by atoms with Gasteiger partial charge in [0, 0.05) is 5.02 Å². The Kier molecular flexibility index (Phi) is 4.84. The highest BCUT2D eigenvalue weighted by Crippen LogP contribution is 2.23. The molecule has 0 amide bonds. The summed E-state index contributed by atoms with van der Waals surface area (Å²) in [5, 5.41) is 18.7. The number of rotatable bonds is 4. The van der Waals surface area contributed by atoms with E-state index in [1.54, 1.807) is 12.1 Å². The number of halogens is 1. The summed E-state index contributed by atoms with van der Waals surface area (Å²) < 4.78 is 25.0. The molecule has 0 aliphatic rings. The number of hydrogen-bond donors (Lipinski definition) is 1. The molecule has 0 fully saturated rings. The lowest BCUT2D eigenvalue weighted by Crippen LogP contribution is -2.05. The number of carbonyl (C=O) groups is 1. The van der Waals surface area contributed by atoms with Crippen molar-refractivity contribution in [1.82, 2.24) is 0 Å². The molecule has 1 N–H and O–H groups in total. The van der Waals surface area contributed by atoms with Crippen molar-refractivity contribution in [2.75, 3.05) is 0 Å². The molecule has 2 aromatic rings. The number of carboxylic acids is 1. The summed E-state index contributed by atoms with van der Waals surface area (Å²) in [6.07, 6.45) is 1.05. The minimum Gasteiger partial charge on any atom is -0.478 e. The Bertz CT molecular complexity index is 925. The van der Waals surface area contributed by atoms with Crippen molar-refractivity contribution >= 4 is 33.5 Å². The maximum absolute atomic E-state index is 12.5. The largest absolute Gasteiger partial charge is 0.478 e. The normalized spacial score (nSPS) is 11.7. The van der Waals surface area contributed by atoms with Crippen LogP contribution in [-0.2, 0) is 9.84 Å². The van der Waals surface area contributed by atoms with Gasteiger partial charge in [0.25, 0.3) is 0 Å². The predicted molar refractivity (Wildman–Crippen MR) is 85.6 cm³/mol. The highest BCUT2D eigenvalue weighted by Gasteiger charge is 2.21. The van der Waals surface area contributed by atoms with Crippen molar-refractivity contribution in [2.24, 2.45) is 0 Å². The number of sulfone groups is 1. The maximum Gasteiger partial charge on any atom is 0.336 e. The molecule has 5 nitrogen and oxygen atoms in total. The first-order valence-corrected chi connectivity index (χ1v) is 8.17. The third-order valence-electron chi connectivity index (χ3n) is 3.00. The zero-order valence-corrected chi connectivity index (χ0v) is 13.2. The number of carboxylic acid groups (broad SMARTS) is 1. The van der Waals surface area contributed by atoms with Gasteiger partial charge in [-0.25, -0.2) is 13.2 Å². The Morgan fingerprint density at radius 3 is 2.30 bits per heavy atom. The molecule has 2 aromatic carbocycles. The topological polar surface area (TPSA) is 95.2 Å². The minimum absolute atomic E-state index is 0.0912. The summed E-state index contributed by atoms with van der Waals surface area (Å²) in [5.74, 6) is -1.21. The third-order valence-corrected chi connectivity index (χ3v) is 4.93. The van der Waals surface area contributed by atoms with Gasteiger partial charge in [-0.1, -0.05) is 29.8 Å². The molecule has 7 heteroatoms. The molecule has 0 aliphatic heterocycles. The first-order valence-electron chi connectivity index (χ1n) is 6.31. The van der Waals surface area contributed by atoms with E-state index in [1.807, 2.05) is 0 Å². The monoisotopic (exact) mass is 347 g/mol. The number of allylic oxidation sites excluding steroid dienone is 1. The van der Waals surface area contributed by atoms with Gasteiger partial charge >= 0.3 is 5.97 Å². The molecular formula is C16H10ClNO4S. The zero-order valence-electron chi connectivity index (χ0n) is 11.6. The Morgan fingerprint density at radius 2 is 1.74 bits per heavy atom. The summed E-state index contributed by atoms with van der Waals surface area (Å²) in [5.41, 5.74) is 0.0423. The van der Waals surface area contributed by atoms with Crippen molar-refractivity contribution in [3.05, 3.63) is 69.6 Å². The van der Waals surface area contributed by atoms with Gasteiger partial charge in [0.1, 0.15) is 11.0 Å². The van der Waals surface area contributed by atoms with Crippen LogP contribution in [0.25, 0.3) is 6.08 Å². The molecule has 116 valence electrons. The van der Waals surface area contributed by atoms with E-state index in [1.165, 1.54) is 42.5 Å².